The van der Waals surface area contributed by atoms with Gasteiger partial charge in [-0.05, 0) is 22.0 Å². The summed E-state index contributed by atoms with van der Waals surface area (Å²) in [6.45, 7) is 0.342. The molecule has 1 aromatic carbocycles. The van der Waals surface area contributed by atoms with Crippen molar-refractivity contribution in [1.82, 2.24) is 5.43 Å². The molecule has 0 aliphatic rings. The number of hydrazine groups is 1. The molecule has 15 heavy (non-hydrogen) atoms. The quantitative estimate of drug-likeness (QED) is 0.428. The molecule has 1 aromatic rings. The Morgan fingerprint density at radius 3 is 2.87 bits per heavy atom. The Hall–Kier alpha value is -1.18. The predicted octanol–water partition coefficient (Wildman–Crippen LogP) is 1.27. The molecule has 0 unspecified atom stereocenters. The van der Waals surface area contributed by atoms with E-state index in [1.165, 1.54) is 12.1 Å². The average Bonchev–Trinajstić information content (AvgIpc) is 2.20. The number of hydrogen-bond donors (Lipinski definition) is 3. The van der Waals surface area contributed by atoms with E-state index in [1.54, 1.807) is 6.07 Å². The van der Waals surface area contributed by atoms with E-state index in [9.17, 15) is 10.1 Å². The molecule has 0 aromatic heterocycles. The van der Waals surface area contributed by atoms with Crippen LogP contribution in [-0.2, 0) is 0 Å². The molecule has 0 spiro atoms. The van der Waals surface area contributed by atoms with Gasteiger partial charge in [0.05, 0.1) is 17.2 Å². The first-order valence-electron chi connectivity index (χ1n) is 4.19. The lowest BCUT2D eigenvalue weighted by Gasteiger charge is -2.08. The molecule has 1 rings (SSSR count). The molecule has 0 aliphatic heterocycles. The number of nitrogens with one attached hydrogen (secondary N) is 2. The molecule has 0 atom stereocenters. The summed E-state index contributed by atoms with van der Waals surface area (Å²) in [7, 11) is 0. The lowest BCUT2D eigenvalue weighted by atomic mass is 10.3. The van der Waals surface area contributed by atoms with Gasteiger partial charge in [-0.3, -0.25) is 10.1 Å². The molecule has 0 saturated heterocycles. The van der Waals surface area contributed by atoms with Gasteiger partial charge in [0, 0.05) is 23.2 Å². The molecule has 82 valence electrons. The van der Waals surface area contributed by atoms with Crippen LogP contribution in [0.1, 0.15) is 0 Å². The molecule has 0 amide bonds. The third kappa shape index (κ3) is 3.46. The number of non-ortho nitro benzene ring substituents is 1. The maximum absolute atomic E-state index is 10.5. The molecule has 7 heteroatoms. The lowest BCUT2D eigenvalue weighted by Crippen LogP contribution is -2.25. The second kappa shape index (κ2) is 5.64. The molecule has 0 bridgehead atoms. The Bertz CT molecular complexity index is 359. The lowest BCUT2D eigenvalue weighted by molar-refractivity contribution is -0.384. The van der Waals surface area contributed by atoms with Crippen LogP contribution in [-0.4, -0.2) is 23.2 Å². The van der Waals surface area contributed by atoms with Crippen molar-refractivity contribution in [3.05, 3.63) is 32.8 Å². The summed E-state index contributed by atoms with van der Waals surface area (Å²) >= 11 is 3.24. The van der Waals surface area contributed by atoms with Crippen molar-refractivity contribution < 1.29 is 10.0 Å². The second-order valence-corrected chi connectivity index (χ2v) is 3.55. The minimum atomic E-state index is -0.469. The van der Waals surface area contributed by atoms with Crippen LogP contribution >= 0.6 is 15.9 Å². The van der Waals surface area contributed by atoms with E-state index in [0.717, 1.165) is 0 Å². The smallest absolute Gasteiger partial charge is 0.271 e. The minimum absolute atomic E-state index is 0.00602. The van der Waals surface area contributed by atoms with Crippen LogP contribution in [0.5, 0.6) is 0 Å². The van der Waals surface area contributed by atoms with Crippen LogP contribution in [0.15, 0.2) is 22.7 Å². The Labute approximate surface area is 94.5 Å². The largest absolute Gasteiger partial charge is 0.395 e. The van der Waals surface area contributed by atoms with Gasteiger partial charge >= 0.3 is 0 Å². The molecule has 3 N–H and O–H groups in total. The summed E-state index contributed by atoms with van der Waals surface area (Å²) < 4.78 is 0.707. The Morgan fingerprint density at radius 2 is 2.27 bits per heavy atom. The number of nitrogens with zero attached hydrogens (tertiary/aromatic N) is 1. The number of hydrogen-bond acceptors (Lipinski definition) is 5. The number of nitro groups is 1. The highest BCUT2D eigenvalue weighted by molar-refractivity contribution is 9.10. The van der Waals surface area contributed by atoms with Crippen molar-refractivity contribution >= 4 is 27.3 Å². The fourth-order valence-electron chi connectivity index (χ4n) is 0.936. The van der Waals surface area contributed by atoms with Crippen molar-refractivity contribution in [3.63, 3.8) is 0 Å². The SMILES string of the molecule is O=[N+]([O-])c1ccc(Br)c(NNCCO)c1. The van der Waals surface area contributed by atoms with Crippen molar-refractivity contribution in [1.29, 1.82) is 0 Å². The highest BCUT2D eigenvalue weighted by Crippen LogP contribution is 2.26. The normalized spacial score (nSPS) is 10.0. The molecule has 6 nitrogen and oxygen atoms in total. The molecule has 0 heterocycles. The topological polar surface area (TPSA) is 87.4 Å². The van der Waals surface area contributed by atoms with E-state index in [0.29, 0.717) is 16.7 Å². The first-order chi connectivity index (χ1) is 7.15. The monoisotopic (exact) mass is 275 g/mol. The number of aliphatic hydroxyl groups excluding tert-OH is 1. The van der Waals surface area contributed by atoms with Crippen molar-refractivity contribution in [2.45, 2.75) is 0 Å². The maximum atomic E-state index is 10.5. The highest BCUT2D eigenvalue weighted by Gasteiger charge is 2.08. The average molecular weight is 276 g/mol. The molecular weight excluding hydrogens is 266 g/mol. The molecule has 0 radical (unpaired) electrons. The van der Waals surface area contributed by atoms with E-state index in [4.69, 9.17) is 5.11 Å². The van der Waals surface area contributed by atoms with Gasteiger partial charge in [0.25, 0.3) is 5.69 Å². The van der Waals surface area contributed by atoms with Gasteiger partial charge in [0.2, 0.25) is 0 Å². The maximum Gasteiger partial charge on any atom is 0.271 e. The van der Waals surface area contributed by atoms with Crippen LogP contribution in [0.2, 0.25) is 0 Å². The van der Waals surface area contributed by atoms with Crippen molar-refractivity contribution in [2.75, 3.05) is 18.6 Å². The Morgan fingerprint density at radius 1 is 1.53 bits per heavy atom. The summed E-state index contributed by atoms with van der Waals surface area (Å²) in [6, 6.07) is 4.39. The van der Waals surface area contributed by atoms with Crippen molar-refractivity contribution in [2.24, 2.45) is 0 Å². The number of halogens is 1. The van der Waals surface area contributed by atoms with Crippen LogP contribution in [0.3, 0.4) is 0 Å². The molecule has 0 saturated carbocycles. The zero-order valence-corrected chi connectivity index (χ0v) is 9.32. The summed E-state index contributed by atoms with van der Waals surface area (Å²) in [6.07, 6.45) is 0. The standard InChI is InChI=1S/C8H10BrN3O3/c9-7-2-1-6(12(14)15)5-8(7)11-10-3-4-13/h1-2,5,10-11,13H,3-4H2. The van der Waals surface area contributed by atoms with Gasteiger partial charge in [0.1, 0.15) is 0 Å². The summed E-state index contributed by atoms with van der Waals surface area (Å²) in [5, 5.41) is 19.0. The summed E-state index contributed by atoms with van der Waals surface area (Å²) in [5.41, 5.74) is 6.01. The van der Waals surface area contributed by atoms with E-state index in [-0.39, 0.29) is 12.3 Å². The highest BCUT2D eigenvalue weighted by atomic mass is 79.9. The predicted molar refractivity (Wildman–Crippen MR) is 59.5 cm³/mol. The second-order valence-electron chi connectivity index (χ2n) is 2.70. The van der Waals surface area contributed by atoms with Crippen molar-refractivity contribution in [3.8, 4) is 0 Å². The first kappa shape index (κ1) is 11.9. The van der Waals surface area contributed by atoms with Gasteiger partial charge in [-0.25, -0.2) is 5.43 Å². The number of anilines is 1. The zero-order valence-electron chi connectivity index (χ0n) is 7.74. The summed E-state index contributed by atoms with van der Waals surface area (Å²) in [4.78, 5) is 10.0. The molecular formula is C8H10BrN3O3. The Balaban J connectivity index is 2.76. The Kier molecular flexibility index (Phi) is 4.47. The summed E-state index contributed by atoms with van der Waals surface area (Å²) in [5.74, 6) is 0. The minimum Gasteiger partial charge on any atom is -0.395 e. The van der Waals surface area contributed by atoms with Crippen LogP contribution in [0, 0.1) is 10.1 Å². The van der Waals surface area contributed by atoms with E-state index >= 15 is 0 Å². The molecule has 0 fully saturated rings. The number of aliphatic hydroxyl groups is 1. The van der Waals surface area contributed by atoms with Gasteiger partial charge in [-0.15, -0.1) is 0 Å². The van der Waals surface area contributed by atoms with Gasteiger partial charge in [-0.2, -0.15) is 0 Å². The van der Waals surface area contributed by atoms with Gasteiger partial charge < -0.3 is 10.5 Å². The van der Waals surface area contributed by atoms with E-state index in [2.05, 4.69) is 26.8 Å². The molecule has 0 aliphatic carbocycles. The van der Waals surface area contributed by atoms with E-state index in [1.807, 2.05) is 0 Å². The fraction of sp³-hybridized carbons (Fsp3) is 0.250. The first-order valence-corrected chi connectivity index (χ1v) is 4.98. The van der Waals surface area contributed by atoms with Crippen LogP contribution in [0.25, 0.3) is 0 Å². The number of benzene rings is 1. The number of nitro benzene ring substituents is 1. The zero-order chi connectivity index (χ0) is 11.3. The number of rotatable bonds is 5. The fourth-order valence-corrected chi connectivity index (χ4v) is 1.28. The van der Waals surface area contributed by atoms with Crippen LogP contribution < -0.4 is 10.9 Å². The van der Waals surface area contributed by atoms with Gasteiger partial charge in [0.15, 0.2) is 0 Å². The third-order valence-electron chi connectivity index (χ3n) is 1.62. The van der Waals surface area contributed by atoms with E-state index < -0.39 is 4.92 Å². The van der Waals surface area contributed by atoms with Gasteiger partial charge in [-0.1, -0.05) is 0 Å². The third-order valence-corrected chi connectivity index (χ3v) is 2.31. The van der Waals surface area contributed by atoms with Crippen LogP contribution in [0.4, 0.5) is 11.4 Å².